The molecule has 0 bridgehead atoms. The first kappa shape index (κ1) is 20.8. The molecule has 3 aromatic heterocycles. The standard InChI is InChI=1S/C23H19F3N6O/c1-30-12-14(11-28-30)10-27-22(33)15-3-8-20-18(9-15)19-13-31(2)29-21(19)32(20)17-6-4-16(5-7-17)23(24,25)26/h3-9,11-13H,10H2,1-2H3,(H,27,33). The van der Waals surface area contributed by atoms with E-state index in [1.807, 2.05) is 12.4 Å². The summed E-state index contributed by atoms with van der Waals surface area (Å²) in [5.74, 6) is -0.236. The average molecular weight is 452 g/mol. The topological polar surface area (TPSA) is 69.7 Å². The average Bonchev–Trinajstić information content (AvgIpc) is 3.44. The fourth-order valence-corrected chi connectivity index (χ4v) is 3.94. The molecular formula is C23H19F3N6O. The SMILES string of the molecule is Cn1cc(CNC(=O)c2ccc3c(c2)c2cn(C)nc2n3-c2ccc(C(F)(F)F)cc2)cn1. The fraction of sp³-hybridized carbons (Fsp3) is 0.174. The van der Waals surface area contributed by atoms with Crippen molar-refractivity contribution in [2.24, 2.45) is 14.1 Å². The molecule has 0 saturated carbocycles. The zero-order valence-corrected chi connectivity index (χ0v) is 17.8. The molecule has 0 unspecified atom stereocenters. The van der Waals surface area contributed by atoms with Crippen molar-refractivity contribution in [2.45, 2.75) is 12.7 Å². The van der Waals surface area contributed by atoms with E-state index in [1.54, 1.807) is 52.4 Å². The first-order valence-corrected chi connectivity index (χ1v) is 10.1. The zero-order valence-electron chi connectivity index (χ0n) is 17.8. The number of halogens is 3. The monoisotopic (exact) mass is 452 g/mol. The number of aryl methyl sites for hydroxylation is 2. The molecule has 1 N–H and O–H groups in total. The van der Waals surface area contributed by atoms with E-state index in [9.17, 15) is 18.0 Å². The number of carbonyl (C=O) groups excluding carboxylic acids is 1. The molecule has 0 atom stereocenters. The summed E-state index contributed by atoms with van der Waals surface area (Å²) in [6, 6.07) is 10.2. The van der Waals surface area contributed by atoms with E-state index < -0.39 is 11.7 Å². The summed E-state index contributed by atoms with van der Waals surface area (Å²) in [6.45, 7) is 0.347. The highest BCUT2D eigenvalue weighted by molar-refractivity contribution is 6.10. The van der Waals surface area contributed by atoms with Gasteiger partial charge >= 0.3 is 6.18 Å². The number of alkyl halides is 3. The summed E-state index contributed by atoms with van der Waals surface area (Å²) in [6.07, 6.45) is 0.935. The molecule has 7 nitrogen and oxygen atoms in total. The van der Waals surface area contributed by atoms with Gasteiger partial charge in [-0.15, -0.1) is 0 Å². The first-order valence-electron chi connectivity index (χ1n) is 10.1. The van der Waals surface area contributed by atoms with Gasteiger partial charge in [0.15, 0.2) is 5.65 Å². The third-order valence-corrected chi connectivity index (χ3v) is 5.48. The van der Waals surface area contributed by atoms with E-state index >= 15 is 0 Å². The van der Waals surface area contributed by atoms with E-state index in [0.29, 0.717) is 23.4 Å². The number of rotatable bonds is 4. The molecular weight excluding hydrogens is 433 g/mol. The highest BCUT2D eigenvalue weighted by Crippen LogP contribution is 2.34. The second-order valence-corrected chi connectivity index (χ2v) is 7.86. The van der Waals surface area contributed by atoms with Crippen molar-refractivity contribution in [3.05, 3.63) is 77.7 Å². The lowest BCUT2D eigenvalue weighted by Crippen LogP contribution is -2.22. The Morgan fingerprint density at radius 1 is 1.00 bits per heavy atom. The van der Waals surface area contributed by atoms with Gasteiger partial charge in [0.05, 0.1) is 17.3 Å². The van der Waals surface area contributed by atoms with Gasteiger partial charge in [0.25, 0.3) is 5.91 Å². The number of hydrogen-bond donors (Lipinski definition) is 1. The van der Waals surface area contributed by atoms with Crippen LogP contribution in [-0.4, -0.2) is 30.0 Å². The van der Waals surface area contributed by atoms with E-state index in [2.05, 4.69) is 15.5 Å². The Morgan fingerprint density at radius 3 is 2.42 bits per heavy atom. The van der Waals surface area contributed by atoms with Crippen LogP contribution in [0.25, 0.3) is 27.6 Å². The summed E-state index contributed by atoms with van der Waals surface area (Å²) in [7, 11) is 3.58. The second kappa shape index (κ2) is 7.51. The highest BCUT2D eigenvalue weighted by atomic mass is 19.4. The summed E-state index contributed by atoms with van der Waals surface area (Å²) in [4.78, 5) is 12.7. The molecule has 0 aliphatic heterocycles. The molecule has 10 heteroatoms. The third-order valence-electron chi connectivity index (χ3n) is 5.48. The summed E-state index contributed by atoms with van der Waals surface area (Å²) < 4.78 is 44.1. The Hall–Kier alpha value is -4.08. The highest BCUT2D eigenvalue weighted by Gasteiger charge is 2.30. The van der Waals surface area contributed by atoms with E-state index in [0.717, 1.165) is 34.0 Å². The van der Waals surface area contributed by atoms with Gasteiger partial charge in [-0.25, -0.2) is 0 Å². The van der Waals surface area contributed by atoms with Gasteiger partial charge in [-0.2, -0.15) is 23.4 Å². The van der Waals surface area contributed by atoms with Gasteiger partial charge in [-0.3, -0.25) is 18.7 Å². The quantitative estimate of drug-likeness (QED) is 0.444. The number of amides is 1. The first-order chi connectivity index (χ1) is 15.7. The van der Waals surface area contributed by atoms with E-state index in [-0.39, 0.29) is 5.91 Å². The van der Waals surface area contributed by atoms with Crippen LogP contribution < -0.4 is 5.32 Å². The van der Waals surface area contributed by atoms with Crippen molar-refractivity contribution in [1.29, 1.82) is 0 Å². The van der Waals surface area contributed by atoms with Gasteiger partial charge in [0, 0.05) is 60.6 Å². The lowest BCUT2D eigenvalue weighted by molar-refractivity contribution is -0.137. The Bertz CT molecular complexity index is 1490. The zero-order chi connectivity index (χ0) is 23.3. The Kier molecular flexibility index (Phi) is 4.73. The normalized spacial score (nSPS) is 12.0. The van der Waals surface area contributed by atoms with E-state index in [1.165, 1.54) is 12.1 Å². The Labute approximate surface area is 186 Å². The van der Waals surface area contributed by atoms with Crippen LogP contribution in [0.4, 0.5) is 13.2 Å². The number of carbonyl (C=O) groups is 1. The van der Waals surface area contributed by atoms with Crippen LogP contribution in [0.1, 0.15) is 21.5 Å². The van der Waals surface area contributed by atoms with Gasteiger partial charge < -0.3 is 5.32 Å². The maximum absolute atomic E-state index is 13.0. The number of benzene rings is 2. The van der Waals surface area contributed by atoms with Crippen molar-refractivity contribution in [3.63, 3.8) is 0 Å². The maximum Gasteiger partial charge on any atom is 0.416 e. The van der Waals surface area contributed by atoms with E-state index in [4.69, 9.17) is 0 Å². The molecule has 0 fully saturated rings. The predicted octanol–water partition coefficient (Wildman–Crippen LogP) is 4.20. The van der Waals surface area contributed by atoms with Crippen molar-refractivity contribution in [3.8, 4) is 5.69 Å². The van der Waals surface area contributed by atoms with Crippen LogP contribution in [0.2, 0.25) is 0 Å². The summed E-state index contributed by atoms with van der Waals surface area (Å²) >= 11 is 0. The molecule has 168 valence electrons. The van der Waals surface area contributed by atoms with Crippen molar-refractivity contribution in [1.82, 2.24) is 29.4 Å². The van der Waals surface area contributed by atoms with Crippen LogP contribution in [-0.2, 0) is 26.8 Å². The van der Waals surface area contributed by atoms with Crippen molar-refractivity contribution < 1.29 is 18.0 Å². The number of nitrogens with one attached hydrogen (secondary N) is 1. The fourth-order valence-electron chi connectivity index (χ4n) is 3.94. The van der Waals surface area contributed by atoms with Gasteiger partial charge in [0.2, 0.25) is 0 Å². The predicted molar refractivity (Wildman–Crippen MR) is 117 cm³/mol. The molecule has 0 aliphatic rings. The number of aromatic nitrogens is 5. The lowest BCUT2D eigenvalue weighted by atomic mass is 10.1. The molecule has 5 rings (SSSR count). The molecule has 0 spiro atoms. The van der Waals surface area contributed by atoms with Crippen LogP contribution in [0.5, 0.6) is 0 Å². The third kappa shape index (κ3) is 3.73. The number of fused-ring (bicyclic) bond motifs is 3. The molecule has 1 amide bonds. The molecule has 0 radical (unpaired) electrons. The lowest BCUT2D eigenvalue weighted by Gasteiger charge is -2.10. The number of nitrogens with zero attached hydrogens (tertiary/aromatic N) is 5. The largest absolute Gasteiger partial charge is 0.416 e. The van der Waals surface area contributed by atoms with Crippen LogP contribution in [0.3, 0.4) is 0 Å². The van der Waals surface area contributed by atoms with Gasteiger partial charge in [0.1, 0.15) is 0 Å². The van der Waals surface area contributed by atoms with Crippen LogP contribution >= 0.6 is 0 Å². The number of hydrogen-bond acceptors (Lipinski definition) is 3. The maximum atomic E-state index is 13.0. The molecule has 33 heavy (non-hydrogen) atoms. The van der Waals surface area contributed by atoms with Crippen LogP contribution in [0.15, 0.2) is 61.1 Å². The molecule has 0 saturated heterocycles. The Morgan fingerprint density at radius 2 is 1.76 bits per heavy atom. The second-order valence-electron chi connectivity index (χ2n) is 7.86. The molecule has 3 heterocycles. The summed E-state index contributed by atoms with van der Waals surface area (Å²) in [5.41, 5.74) is 2.54. The van der Waals surface area contributed by atoms with Gasteiger partial charge in [-0.1, -0.05) is 0 Å². The minimum Gasteiger partial charge on any atom is -0.348 e. The van der Waals surface area contributed by atoms with Crippen LogP contribution in [0, 0.1) is 0 Å². The minimum absolute atomic E-state index is 0.236. The summed E-state index contributed by atoms with van der Waals surface area (Å²) in [5, 5.41) is 13.0. The molecule has 2 aromatic carbocycles. The van der Waals surface area contributed by atoms with Gasteiger partial charge in [-0.05, 0) is 42.5 Å². The van der Waals surface area contributed by atoms with Crippen molar-refractivity contribution in [2.75, 3.05) is 0 Å². The minimum atomic E-state index is -4.41. The molecule has 0 aliphatic carbocycles. The van der Waals surface area contributed by atoms with Crippen molar-refractivity contribution >= 4 is 27.8 Å². The molecule has 5 aromatic rings. The Balaban J connectivity index is 1.54. The smallest absolute Gasteiger partial charge is 0.348 e.